The van der Waals surface area contributed by atoms with Gasteiger partial charge in [0.25, 0.3) is 0 Å². The first-order valence-corrected chi connectivity index (χ1v) is 7.88. The molecule has 1 unspecified atom stereocenters. The predicted molar refractivity (Wildman–Crippen MR) is 74.5 cm³/mol. The van der Waals surface area contributed by atoms with Crippen molar-refractivity contribution in [3.05, 3.63) is 34.9 Å². The number of aliphatic hydroxyl groups excluding tert-OH is 1. The van der Waals surface area contributed by atoms with Crippen LogP contribution in [0.4, 0.5) is 0 Å². The van der Waals surface area contributed by atoms with Crippen molar-refractivity contribution in [3.63, 3.8) is 0 Å². The lowest BCUT2D eigenvalue weighted by Gasteiger charge is -2.29. The molecule has 0 spiro atoms. The number of aliphatic hydroxyl groups is 1. The molecule has 0 saturated carbocycles. The van der Waals surface area contributed by atoms with Crippen LogP contribution in [0.5, 0.6) is 0 Å². The molecule has 1 aromatic carbocycles. The summed E-state index contributed by atoms with van der Waals surface area (Å²) >= 11 is 0. The molecule has 0 aliphatic carbocycles. The van der Waals surface area contributed by atoms with Crippen molar-refractivity contribution in [1.29, 1.82) is 0 Å². The lowest BCUT2D eigenvalue weighted by atomic mass is 9.94. The maximum absolute atomic E-state index is 11.7. The second kappa shape index (κ2) is 5.02. The molecule has 0 radical (unpaired) electrons. The Balaban J connectivity index is 3.02. The molecule has 0 fully saturated rings. The number of sulfone groups is 1. The summed E-state index contributed by atoms with van der Waals surface area (Å²) in [5.74, 6) is 0. The van der Waals surface area contributed by atoms with Gasteiger partial charge in [-0.3, -0.25) is 0 Å². The molecular formula is C14H22O3S. The van der Waals surface area contributed by atoms with E-state index in [0.717, 1.165) is 16.7 Å². The zero-order valence-corrected chi connectivity index (χ0v) is 12.5. The minimum atomic E-state index is -3.29. The SMILES string of the molecule is Cc1ccc(C)c(CC(O)C(C)(C)S(C)(=O)=O)c1. The molecule has 1 rings (SSSR count). The van der Waals surface area contributed by atoms with E-state index in [4.69, 9.17) is 0 Å². The Morgan fingerprint density at radius 2 is 1.83 bits per heavy atom. The molecule has 0 bridgehead atoms. The Labute approximate surface area is 110 Å². The van der Waals surface area contributed by atoms with Crippen LogP contribution in [0, 0.1) is 13.8 Å². The summed E-state index contributed by atoms with van der Waals surface area (Å²) in [6.07, 6.45) is 0.611. The van der Waals surface area contributed by atoms with Gasteiger partial charge in [-0.1, -0.05) is 23.8 Å². The third-order valence-corrected chi connectivity index (χ3v) is 5.86. The summed E-state index contributed by atoms with van der Waals surface area (Å²) in [6, 6.07) is 5.99. The number of rotatable bonds is 4. The highest BCUT2D eigenvalue weighted by molar-refractivity contribution is 7.92. The van der Waals surface area contributed by atoms with Crippen LogP contribution in [0.2, 0.25) is 0 Å². The van der Waals surface area contributed by atoms with Gasteiger partial charge in [-0.25, -0.2) is 8.42 Å². The third kappa shape index (κ3) is 3.12. The van der Waals surface area contributed by atoms with Crippen molar-refractivity contribution in [3.8, 4) is 0 Å². The minimum absolute atomic E-state index is 0.355. The summed E-state index contributed by atoms with van der Waals surface area (Å²) < 4.78 is 22.2. The van der Waals surface area contributed by atoms with Crippen LogP contribution in [0.1, 0.15) is 30.5 Å². The molecule has 0 amide bonds. The summed E-state index contributed by atoms with van der Waals surface area (Å²) in [6.45, 7) is 7.09. The monoisotopic (exact) mass is 270 g/mol. The zero-order valence-electron chi connectivity index (χ0n) is 11.7. The standard InChI is InChI=1S/C14H22O3S/c1-10-6-7-11(2)12(8-10)9-13(15)14(3,4)18(5,16)17/h6-8,13,15H,9H2,1-5H3. The number of hydrogen-bond donors (Lipinski definition) is 1. The van der Waals surface area contributed by atoms with Crippen LogP contribution in [-0.2, 0) is 16.3 Å². The fraction of sp³-hybridized carbons (Fsp3) is 0.571. The molecular weight excluding hydrogens is 248 g/mol. The average molecular weight is 270 g/mol. The van der Waals surface area contributed by atoms with Gasteiger partial charge < -0.3 is 5.11 Å². The molecule has 0 aliphatic rings. The number of aryl methyl sites for hydroxylation is 2. The summed E-state index contributed by atoms with van der Waals surface area (Å²) in [5, 5.41) is 10.2. The second-order valence-electron chi connectivity index (χ2n) is 5.53. The first-order valence-electron chi connectivity index (χ1n) is 5.99. The van der Waals surface area contributed by atoms with Gasteiger partial charge in [-0.05, 0) is 38.8 Å². The Bertz CT molecular complexity index is 530. The van der Waals surface area contributed by atoms with Gasteiger partial charge in [0.05, 0.1) is 10.9 Å². The normalized spacial score (nSPS) is 14.6. The Morgan fingerprint density at radius 3 is 2.33 bits per heavy atom. The van der Waals surface area contributed by atoms with E-state index in [1.165, 1.54) is 6.26 Å². The van der Waals surface area contributed by atoms with Gasteiger partial charge in [0.2, 0.25) is 0 Å². The van der Waals surface area contributed by atoms with Crippen LogP contribution < -0.4 is 0 Å². The maximum atomic E-state index is 11.7. The molecule has 4 heteroatoms. The molecule has 0 aromatic heterocycles. The lowest BCUT2D eigenvalue weighted by molar-refractivity contribution is 0.137. The Hall–Kier alpha value is -0.870. The van der Waals surface area contributed by atoms with E-state index in [2.05, 4.69) is 0 Å². The van der Waals surface area contributed by atoms with Crippen molar-refractivity contribution in [2.24, 2.45) is 0 Å². The minimum Gasteiger partial charge on any atom is -0.391 e. The van der Waals surface area contributed by atoms with Crippen molar-refractivity contribution < 1.29 is 13.5 Å². The molecule has 0 aliphatic heterocycles. The topological polar surface area (TPSA) is 54.4 Å². The highest BCUT2D eigenvalue weighted by atomic mass is 32.2. The van der Waals surface area contributed by atoms with Crippen LogP contribution in [0.3, 0.4) is 0 Å². The van der Waals surface area contributed by atoms with Crippen LogP contribution in [-0.4, -0.2) is 30.6 Å². The largest absolute Gasteiger partial charge is 0.391 e. The quantitative estimate of drug-likeness (QED) is 0.911. The molecule has 0 saturated heterocycles. The van der Waals surface area contributed by atoms with Crippen molar-refractivity contribution >= 4 is 9.84 Å². The fourth-order valence-electron chi connectivity index (χ4n) is 1.72. The fourth-order valence-corrected chi connectivity index (χ4v) is 2.30. The van der Waals surface area contributed by atoms with Gasteiger partial charge in [0.1, 0.15) is 0 Å². The molecule has 1 N–H and O–H groups in total. The van der Waals surface area contributed by atoms with Crippen molar-refractivity contribution in [2.45, 2.75) is 45.0 Å². The van der Waals surface area contributed by atoms with E-state index in [0.29, 0.717) is 6.42 Å². The van der Waals surface area contributed by atoms with E-state index in [9.17, 15) is 13.5 Å². The van der Waals surface area contributed by atoms with E-state index in [-0.39, 0.29) is 0 Å². The highest BCUT2D eigenvalue weighted by Crippen LogP contribution is 2.24. The number of benzene rings is 1. The van der Waals surface area contributed by atoms with E-state index in [1.54, 1.807) is 13.8 Å². The summed E-state index contributed by atoms with van der Waals surface area (Å²) in [5.41, 5.74) is 3.18. The van der Waals surface area contributed by atoms with E-state index < -0.39 is 20.7 Å². The van der Waals surface area contributed by atoms with E-state index >= 15 is 0 Å². The molecule has 0 heterocycles. The summed E-state index contributed by atoms with van der Waals surface area (Å²) in [7, 11) is -3.29. The summed E-state index contributed by atoms with van der Waals surface area (Å²) in [4.78, 5) is 0. The van der Waals surface area contributed by atoms with Crippen molar-refractivity contribution in [1.82, 2.24) is 0 Å². The Kier molecular flexibility index (Phi) is 4.23. The first-order chi connectivity index (χ1) is 8.05. The predicted octanol–water partition coefficient (Wildman–Crippen LogP) is 2.03. The molecule has 1 aromatic rings. The van der Waals surface area contributed by atoms with Gasteiger partial charge >= 0.3 is 0 Å². The zero-order chi connectivity index (χ0) is 14.1. The highest BCUT2D eigenvalue weighted by Gasteiger charge is 2.38. The van der Waals surface area contributed by atoms with E-state index in [1.807, 2.05) is 32.0 Å². The average Bonchev–Trinajstić information content (AvgIpc) is 2.21. The lowest BCUT2D eigenvalue weighted by Crippen LogP contribution is -2.44. The first kappa shape index (κ1) is 15.2. The van der Waals surface area contributed by atoms with Gasteiger partial charge in [0.15, 0.2) is 9.84 Å². The maximum Gasteiger partial charge on any atom is 0.155 e. The number of hydrogen-bond acceptors (Lipinski definition) is 3. The third-order valence-electron chi connectivity index (χ3n) is 3.68. The van der Waals surface area contributed by atoms with Gasteiger partial charge in [-0.15, -0.1) is 0 Å². The molecule has 18 heavy (non-hydrogen) atoms. The van der Waals surface area contributed by atoms with Crippen molar-refractivity contribution in [2.75, 3.05) is 6.26 Å². The molecule has 3 nitrogen and oxygen atoms in total. The Morgan fingerprint density at radius 1 is 1.28 bits per heavy atom. The van der Waals surface area contributed by atoms with Gasteiger partial charge in [0, 0.05) is 12.7 Å². The smallest absolute Gasteiger partial charge is 0.155 e. The van der Waals surface area contributed by atoms with Crippen LogP contribution >= 0.6 is 0 Å². The van der Waals surface area contributed by atoms with Crippen LogP contribution in [0.25, 0.3) is 0 Å². The second-order valence-corrected chi connectivity index (χ2v) is 8.12. The van der Waals surface area contributed by atoms with Gasteiger partial charge in [-0.2, -0.15) is 0 Å². The molecule has 1 atom stereocenters. The molecule has 102 valence electrons. The van der Waals surface area contributed by atoms with Crippen LogP contribution in [0.15, 0.2) is 18.2 Å².